The van der Waals surface area contributed by atoms with Crippen molar-refractivity contribution in [2.75, 3.05) is 33.9 Å². The first-order chi connectivity index (χ1) is 13.3. The highest BCUT2D eigenvalue weighted by atomic mass is 19.4. The molecule has 0 unspecified atom stereocenters. The molecule has 1 heterocycles. The molecule has 2 aromatic rings. The third-order valence-corrected chi connectivity index (χ3v) is 4.41. The second-order valence-electron chi connectivity index (χ2n) is 6.85. The second kappa shape index (κ2) is 9.93. The van der Waals surface area contributed by atoms with Gasteiger partial charge in [-0.2, -0.15) is 18.3 Å². The van der Waals surface area contributed by atoms with E-state index in [1.807, 2.05) is 14.0 Å². The lowest BCUT2D eigenvalue weighted by Gasteiger charge is -2.17. The molecule has 1 aromatic carbocycles. The average Bonchev–Trinajstić information content (AvgIpc) is 2.99. The number of methoxy groups -OCH3 is 1. The van der Waals surface area contributed by atoms with E-state index < -0.39 is 11.7 Å². The van der Waals surface area contributed by atoms with Gasteiger partial charge in [-0.1, -0.05) is 13.3 Å². The molecule has 0 atom stereocenters. The van der Waals surface area contributed by atoms with Gasteiger partial charge >= 0.3 is 6.18 Å². The number of hydrogen-bond donors (Lipinski definition) is 1. The third kappa shape index (κ3) is 5.97. The van der Waals surface area contributed by atoms with Crippen molar-refractivity contribution in [2.24, 2.45) is 0 Å². The minimum absolute atomic E-state index is 0.160. The molecule has 0 aliphatic carbocycles. The minimum Gasteiger partial charge on any atom is -0.491 e. The Labute approximate surface area is 163 Å². The van der Waals surface area contributed by atoms with Crippen LogP contribution in [0.1, 0.15) is 36.7 Å². The molecule has 5 nitrogen and oxygen atoms in total. The second-order valence-corrected chi connectivity index (χ2v) is 6.85. The number of alkyl halides is 3. The molecule has 8 heteroatoms. The Morgan fingerprint density at radius 1 is 1.18 bits per heavy atom. The quantitative estimate of drug-likeness (QED) is 0.591. The Hall–Kier alpha value is -2.06. The number of ether oxygens (including phenoxy) is 2. The van der Waals surface area contributed by atoms with E-state index in [4.69, 9.17) is 9.47 Å². The van der Waals surface area contributed by atoms with Crippen LogP contribution in [0.5, 0.6) is 5.75 Å². The van der Waals surface area contributed by atoms with E-state index in [1.165, 1.54) is 7.11 Å². The SMILES string of the molecule is CCCCN(C)Cc1n[nH]c(C)c1-c1cc(OCCOC)cc(C(F)(F)F)c1. The van der Waals surface area contributed by atoms with Crippen molar-refractivity contribution in [2.45, 2.75) is 39.4 Å². The molecule has 0 aliphatic rings. The van der Waals surface area contributed by atoms with Crippen molar-refractivity contribution >= 4 is 0 Å². The highest BCUT2D eigenvalue weighted by molar-refractivity contribution is 5.71. The molecule has 0 amide bonds. The van der Waals surface area contributed by atoms with E-state index in [0.29, 0.717) is 24.3 Å². The van der Waals surface area contributed by atoms with E-state index in [9.17, 15) is 13.2 Å². The third-order valence-electron chi connectivity index (χ3n) is 4.41. The number of rotatable bonds is 10. The largest absolute Gasteiger partial charge is 0.491 e. The maximum absolute atomic E-state index is 13.4. The fourth-order valence-electron chi connectivity index (χ4n) is 2.97. The van der Waals surface area contributed by atoms with Crippen molar-refractivity contribution in [1.29, 1.82) is 0 Å². The fraction of sp³-hybridized carbons (Fsp3) is 0.550. The Kier molecular flexibility index (Phi) is 7.88. The molecule has 0 bridgehead atoms. The summed E-state index contributed by atoms with van der Waals surface area (Å²) in [5.74, 6) is 0.160. The summed E-state index contributed by atoms with van der Waals surface area (Å²) in [6.45, 7) is 5.85. The predicted octanol–water partition coefficient (Wildman–Crippen LogP) is 4.66. The zero-order valence-electron chi connectivity index (χ0n) is 16.8. The van der Waals surface area contributed by atoms with Crippen LogP contribution < -0.4 is 4.74 Å². The van der Waals surface area contributed by atoms with Crippen LogP contribution >= 0.6 is 0 Å². The predicted molar refractivity (Wildman–Crippen MR) is 102 cm³/mol. The van der Waals surface area contributed by atoms with Crippen molar-refractivity contribution < 1.29 is 22.6 Å². The minimum atomic E-state index is -4.47. The molecule has 28 heavy (non-hydrogen) atoms. The molecule has 156 valence electrons. The lowest BCUT2D eigenvalue weighted by atomic mass is 10.00. The number of benzene rings is 1. The van der Waals surface area contributed by atoms with Crippen LogP contribution in [0.25, 0.3) is 11.1 Å². The monoisotopic (exact) mass is 399 g/mol. The first-order valence-electron chi connectivity index (χ1n) is 9.33. The molecule has 0 spiro atoms. The zero-order chi connectivity index (χ0) is 20.7. The summed E-state index contributed by atoms with van der Waals surface area (Å²) in [5, 5.41) is 7.24. The van der Waals surface area contributed by atoms with Crippen LogP contribution in [0.2, 0.25) is 0 Å². The summed E-state index contributed by atoms with van der Waals surface area (Å²) in [6.07, 6.45) is -2.34. The smallest absolute Gasteiger partial charge is 0.416 e. The van der Waals surface area contributed by atoms with Crippen LogP contribution in [-0.4, -0.2) is 49.0 Å². The van der Waals surface area contributed by atoms with Crippen LogP contribution in [0, 0.1) is 6.92 Å². The first-order valence-corrected chi connectivity index (χ1v) is 9.33. The molecule has 0 radical (unpaired) electrons. The van der Waals surface area contributed by atoms with Gasteiger partial charge in [-0.15, -0.1) is 0 Å². The van der Waals surface area contributed by atoms with E-state index in [1.54, 1.807) is 6.07 Å². The van der Waals surface area contributed by atoms with Crippen LogP contribution in [0.3, 0.4) is 0 Å². The lowest BCUT2D eigenvalue weighted by Crippen LogP contribution is -2.19. The molecule has 0 fully saturated rings. The van der Waals surface area contributed by atoms with Gasteiger partial charge in [-0.05, 0) is 50.7 Å². The normalized spacial score (nSPS) is 12.0. The standard InChI is InChI=1S/C20H28F3N3O2/c1-5-6-7-26(3)13-18-19(14(2)24-25-18)15-10-16(20(21,22)23)12-17(11-15)28-9-8-27-4/h10-12H,5-9,13H2,1-4H3,(H,24,25). The summed E-state index contributed by atoms with van der Waals surface area (Å²) < 4.78 is 50.6. The van der Waals surface area contributed by atoms with Crippen LogP contribution in [0.4, 0.5) is 13.2 Å². The number of halogens is 3. The number of H-pyrrole nitrogens is 1. The number of nitrogens with one attached hydrogen (secondary N) is 1. The molecule has 0 aliphatic heterocycles. The fourth-order valence-corrected chi connectivity index (χ4v) is 2.97. The zero-order valence-corrected chi connectivity index (χ0v) is 16.8. The topological polar surface area (TPSA) is 50.4 Å². The van der Waals surface area contributed by atoms with Gasteiger partial charge < -0.3 is 14.4 Å². The summed E-state index contributed by atoms with van der Waals surface area (Å²) in [7, 11) is 3.49. The maximum atomic E-state index is 13.4. The van der Waals surface area contributed by atoms with Gasteiger partial charge in [0.2, 0.25) is 0 Å². The average molecular weight is 399 g/mol. The first kappa shape index (κ1) is 22.2. The van der Waals surface area contributed by atoms with Crippen LogP contribution in [0.15, 0.2) is 18.2 Å². The molecule has 0 saturated heterocycles. The van der Waals surface area contributed by atoms with E-state index in [0.717, 1.165) is 42.9 Å². The summed E-state index contributed by atoms with van der Waals surface area (Å²) in [5.41, 5.74) is 1.82. The summed E-state index contributed by atoms with van der Waals surface area (Å²) in [6, 6.07) is 3.79. The van der Waals surface area contributed by atoms with Crippen LogP contribution in [-0.2, 0) is 17.5 Å². The van der Waals surface area contributed by atoms with Gasteiger partial charge in [-0.3, -0.25) is 5.10 Å². The number of aromatic nitrogens is 2. The number of hydrogen-bond acceptors (Lipinski definition) is 4. The Morgan fingerprint density at radius 3 is 2.57 bits per heavy atom. The van der Waals surface area contributed by atoms with Gasteiger partial charge in [0.1, 0.15) is 12.4 Å². The van der Waals surface area contributed by atoms with Gasteiger partial charge in [0.15, 0.2) is 0 Å². The van der Waals surface area contributed by atoms with Crippen molar-refractivity contribution in [1.82, 2.24) is 15.1 Å². The summed E-state index contributed by atoms with van der Waals surface area (Å²) >= 11 is 0. The highest BCUT2D eigenvalue weighted by Gasteiger charge is 2.32. The van der Waals surface area contributed by atoms with Gasteiger partial charge in [-0.25, -0.2) is 0 Å². The Balaban J connectivity index is 2.40. The van der Waals surface area contributed by atoms with Crippen molar-refractivity contribution in [3.63, 3.8) is 0 Å². The highest BCUT2D eigenvalue weighted by Crippen LogP contribution is 2.37. The van der Waals surface area contributed by atoms with Gasteiger partial charge in [0, 0.05) is 24.9 Å². The van der Waals surface area contributed by atoms with E-state index in [2.05, 4.69) is 22.0 Å². The van der Waals surface area contributed by atoms with Gasteiger partial charge in [0.05, 0.1) is 17.9 Å². The molecule has 0 saturated carbocycles. The maximum Gasteiger partial charge on any atom is 0.416 e. The van der Waals surface area contributed by atoms with Crippen molar-refractivity contribution in [3.05, 3.63) is 35.2 Å². The Bertz CT molecular complexity index is 760. The number of aryl methyl sites for hydroxylation is 1. The van der Waals surface area contributed by atoms with E-state index >= 15 is 0 Å². The Morgan fingerprint density at radius 2 is 1.93 bits per heavy atom. The van der Waals surface area contributed by atoms with Crippen molar-refractivity contribution in [3.8, 4) is 16.9 Å². The van der Waals surface area contributed by atoms with Gasteiger partial charge in [0.25, 0.3) is 0 Å². The molecule has 1 aromatic heterocycles. The number of unbranched alkanes of at least 4 members (excludes halogenated alkanes) is 1. The lowest BCUT2D eigenvalue weighted by molar-refractivity contribution is -0.137. The molecule has 1 N–H and O–H groups in total. The number of aromatic amines is 1. The molecule has 2 rings (SSSR count). The number of nitrogens with zero attached hydrogens (tertiary/aromatic N) is 2. The summed E-state index contributed by atoms with van der Waals surface area (Å²) in [4.78, 5) is 2.12. The molecular weight excluding hydrogens is 371 g/mol. The molecular formula is C20H28F3N3O2. The van der Waals surface area contributed by atoms with E-state index in [-0.39, 0.29) is 12.4 Å².